The average molecular weight is 311 g/mol. The summed E-state index contributed by atoms with van der Waals surface area (Å²) in [7, 11) is 1.43. The summed E-state index contributed by atoms with van der Waals surface area (Å²) >= 11 is 1.80. The summed E-state index contributed by atoms with van der Waals surface area (Å²) in [6, 6.07) is 4.47. The molecule has 8 heteroatoms. The smallest absolute Gasteiger partial charge is 0.296 e. The monoisotopic (exact) mass is 311 g/mol. The third kappa shape index (κ3) is 4.33. The number of carbonyl (C=O) groups excluding carboxylic acids is 1. The second-order valence-corrected chi connectivity index (χ2v) is 5.77. The molecule has 0 aromatic heterocycles. The van der Waals surface area contributed by atoms with Gasteiger partial charge in [-0.3, -0.25) is 14.9 Å². The van der Waals surface area contributed by atoms with Crippen LogP contribution < -0.4 is 15.4 Å². The summed E-state index contributed by atoms with van der Waals surface area (Å²) in [6.45, 7) is 0.880. The standard InChI is InChI=1S/C13H17N3O4S/c1-20-10-2-3-11(12(7-10)16(18)19)15-13(17)6-9-8-21-5-4-14-9/h2-3,7,9,14H,4-6,8H2,1H3,(H,15,17). The number of carbonyl (C=O) groups is 1. The van der Waals surface area contributed by atoms with E-state index in [1.807, 2.05) is 0 Å². The zero-order valence-electron chi connectivity index (χ0n) is 11.6. The van der Waals surface area contributed by atoms with Crippen LogP contribution in [-0.4, -0.2) is 42.0 Å². The number of rotatable bonds is 5. The molecule has 2 rings (SSSR count). The van der Waals surface area contributed by atoms with Crippen LogP contribution in [0.4, 0.5) is 11.4 Å². The molecule has 1 aliphatic heterocycles. The molecule has 1 aromatic carbocycles. The second-order valence-electron chi connectivity index (χ2n) is 4.62. The molecule has 1 heterocycles. The molecule has 0 aliphatic carbocycles. The fourth-order valence-electron chi connectivity index (χ4n) is 2.07. The summed E-state index contributed by atoms with van der Waals surface area (Å²) in [4.78, 5) is 22.5. The Morgan fingerprint density at radius 2 is 2.43 bits per heavy atom. The lowest BCUT2D eigenvalue weighted by Crippen LogP contribution is -2.39. The van der Waals surface area contributed by atoms with Crippen molar-refractivity contribution in [1.29, 1.82) is 0 Å². The second kappa shape index (κ2) is 7.28. The Morgan fingerprint density at radius 3 is 3.05 bits per heavy atom. The van der Waals surface area contributed by atoms with Gasteiger partial charge in [0.1, 0.15) is 11.4 Å². The van der Waals surface area contributed by atoms with Gasteiger partial charge in [0.15, 0.2) is 0 Å². The molecule has 0 spiro atoms. The first-order valence-corrected chi connectivity index (χ1v) is 7.69. The number of anilines is 1. The van der Waals surface area contributed by atoms with Gasteiger partial charge in [0, 0.05) is 30.5 Å². The Morgan fingerprint density at radius 1 is 1.62 bits per heavy atom. The third-order valence-electron chi connectivity index (χ3n) is 3.11. The molecule has 1 aromatic rings. The van der Waals surface area contributed by atoms with E-state index in [1.165, 1.54) is 19.2 Å². The third-order valence-corrected chi connectivity index (χ3v) is 4.24. The fraction of sp³-hybridized carbons (Fsp3) is 0.462. The maximum atomic E-state index is 12.0. The highest BCUT2D eigenvalue weighted by molar-refractivity contribution is 7.99. The first-order valence-electron chi connectivity index (χ1n) is 6.53. The number of benzene rings is 1. The van der Waals surface area contributed by atoms with Crippen LogP contribution in [0.25, 0.3) is 0 Å². The van der Waals surface area contributed by atoms with Crippen molar-refractivity contribution in [3.05, 3.63) is 28.3 Å². The molecular formula is C13H17N3O4S. The minimum Gasteiger partial charge on any atom is -0.496 e. The Balaban J connectivity index is 2.04. The Kier molecular flexibility index (Phi) is 5.40. The summed E-state index contributed by atoms with van der Waals surface area (Å²) in [6.07, 6.45) is 0.302. The van der Waals surface area contributed by atoms with Gasteiger partial charge >= 0.3 is 0 Å². The van der Waals surface area contributed by atoms with Crippen molar-refractivity contribution in [3.8, 4) is 5.75 Å². The first kappa shape index (κ1) is 15.6. The summed E-state index contributed by atoms with van der Waals surface area (Å²) in [5.74, 6) is 2.06. The van der Waals surface area contributed by atoms with Crippen molar-refractivity contribution in [3.63, 3.8) is 0 Å². The van der Waals surface area contributed by atoms with Crippen molar-refractivity contribution in [1.82, 2.24) is 5.32 Å². The Labute approximate surface area is 126 Å². The van der Waals surface area contributed by atoms with E-state index in [4.69, 9.17) is 4.74 Å². The van der Waals surface area contributed by atoms with Crippen LogP contribution in [0.1, 0.15) is 6.42 Å². The van der Waals surface area contributed by atoms with Gasteiger partial charge in [0.25, 0.3) is 5.69 Å². The highest BCUT2D eigenvalue weighted by Crippen LogP contribution is 2.29. The van der Waals surface area contributed by atoms with E-state index >= 15 is 0 Å². The predicted octanol–water partition coefficient (Wildman–Crippen LogP) is 1.64. The van der Waals surface area contributed by atoms with Gasteiger partial charge in [-0.2, -0.15) is 11.8 Å². The summed E-state index contributed by atoms with van der Waals surface area (Å²) < 4.78 is 4.96. The van der Waals surface area contributed by atoms with Crippen LogP contribution in [0, 0.1) is 10.1 Å². The van der Waals surface area contributed by atoms with E-state index in [0.717, 1.165) is 18.1 Å². The van der Waals surface area contributed by atoms with Gasteiger partial charge in [0.2, 0.25) is 5.91 Å². The lowest BCUT2D eigenvalue weighted by Gasteiger charge is -2.22. The molecule has 0 radical (unpaired) electrons. The number of hydrogen-bond acceptors (Lipinski definition) is 6. The van der Waals surface area contributed by atoms with Gasteiger partial charge in [-0.25, -0.2) is 0 Å². The number of nitrogens with zero attached hydrogens (tertiary/aromatic N) is 1. The lowest BCUT2D eigenvalue weighted by atomic mass is 10.2. The number of thioether (sulfide) groups is 1. The van der Waals surface area contributed by atoms with Crippen LogP contribution in [0.2, 0.25) is 0 Å². The number of methoxy groups -OCH3 is 1. The Bertz CT molecular complexity index is 532. The van der Waals surface area contributed by atoms with Gasteiger partial charge in [0.05, 0.1) is 18.1 Å². The molecule has 1 unspecified atom stereocenters. The molecule has 2 N–H and O–H groups in total. The molecule has 1 fully saturated rings. The molecule has 114 valence electrons. The van der Waals surface area contributed by atoms with E-state index in [1.54, 1.807) is 17.8 Å². The molecular weight excluding hydrogens is 294 g/mol. The molecule has 1 atom stereocenters. The van der Waals surface area contributed by atoms with E-state index in [9.17, 15) is 14.9 Å². The quantitative estimate of drug-likeness (QED) is 0.634. The molecule has 7 nitrogen and oxygen atoms in total. The van der Waals surface area contributed by atoms with E-state index in [0.29, 0.717) is 12.2 Å². The molecule has 1 amide bonds. The van der Waals surface area contributed by atoms with Crippen molar-refractivity contribution in [2.75, 3.05) is 30.5 Å². The largest absolute Gasteiger partial charge is 0.496 e. The van der Waals surface area contributed by atoms with Crippen molar-refractivity contribution < 1.29 is 14.5 Å². The van der Waals surface area contributed by atoms with E-state index in [-0.39, 0.29) is 23.3 Å². The highest BCUT2D eigenvalue weighted by atomic mass is 32.2. The van der Waals surface area contributed by atoms with Crippen molar-refractivity contribution in [2.45, 2.75) is 12.5 Å². The van der Waals surface area contributed by atoms with Gasteiger partial charge < -0.3 is 15.4 Å². The van der Waals surface area contributed by atoms with Crippen LogP contribution in [-0.2, 0) is 4.79 Å². The zero-order chi connectivity index (χ0) is 15.2. The summed E-state index contributed by atoms with van der Waals surface area (Å²) in [5.41, 5.74) is 0.0166. The summed E-state index contributed by atoms with van der Waals surface area (Å²) in [5, 5.41) is 16.9. The minimum absolute atomic E-state index is 0.112. The number of ether oxygens (including phenoxy) is 1. The first-order chi connectivity index (χ1) is 10.1. The zero-order valence-corrected chi connectivity index (χ0v) is 12.4. The number of amides is 1. The highest BCUT2D eigenvalue weighted by Gasteiger charge is 2.20. The van der Waals surface area contributed by atoms with Crippen LogP contribution >= 0.6 is 11.8 Å². The minimum atomic E-state index is -0.535. The molecule has 21 heavy (non-hydrogen) atoms. The maximum Gasteiger partial charge on any atom is 0.296 e. The predicted molar refractivity (Wildman–Crippen MR) is 82.0 cm³/mol. The molecule has 0 saturated carbocycles. The van der Waals surface area contributed by atoms with E-state index < -0.39 is 4.92 Å². The normalized spacial score (nSPS) is 18.0. The molecule has 1 saturated heterocycles. The van der Waals surface area contributed by atoms with Crippen molar-refractivity contribution >= 4 is 29.0 Å². The van der Waals surface area contributed by atoms with Crippen LogP contribution in [0.5, 0.6) is 5.75 Å². The number of nitro benzene ring substituents is 1. The lowest BCUT2D eigenvalue weighted by molar-refractivity contribution is -0.384. The Hall–Kier alpha value is -1.80. The van der Waals surface area contributed by atoms with Gasteiger partial charge in [-0.05, 0) is 12.1 Å². The number of nitrogens with one attached hydrogen (secondary N) is 2. The molecule has 0 bridgehead atoms. The SMILES string of the molecule is COc1ccc(NC(=O)CC2CSCCN2)c([N+](=O)[O-])c1. The van der Waals surface area contributed by atoms with Crippen molar-refractivity contribution in [2.24, 2.45) is 0 Å². The molecule has 1 aliphatic rings. The van der Waals surface area contributed by atoms with Gasteiger partial charge in [-0.15, -0.1) is 0 Å². The number of hydrogen-bond donors (Lipinski definition) is 2. The average Bonchev–Trinajstić information content (AvgIpc) is 2.48. The number of nitro groups is 1. The topological polar surface area (TPSA) is 93.5 Å². The van der Waals surface area contributed by atoms with Crippen LogP contribution in [0.15, 0.2) is 18.2 Å². The maximum absolute atomic E-state index is 12.0. The van der Waals surface area contributed by atoms with Gasteiger partial charge in [-0.1, -0.05) is 0 Å². The fourth-order valence-corrected chi connectivity index (χ4v) is 3.02. The van der Waals surface area contributed by atoms with E-state index in [2.05, 4.69) is 10.6 Å². The van der Waals surface area contributed by atoms with Crippen LogP contribution in [0.3, 0.4) is 0 Å².